The third kappa shape index (κ3) is 2.81. The van der Waals surface area contributed by atoms with Crippen LogP contribution in [0.4, 0.5) is 5.69 Å². The van der Waals surface area contributed by atoms with E-state index < -0.39 is 0 Å². The number of rotatable bonds is 3. The van der Waals surface area contributed by atoms with Crippen molar-refractivity contribution in [3.63, 3.8) is 0 Å². The van der Waals surface area contributed by atoms with Gasteiger partial charge in [0.2, 0.25) is 0 Å². The standard InChI is InChI=1S/C14H21N3O/c1-3-11-5-8-17(9-6-11)14(18)13-10-12(15-2)4-7-16-13/h4,7,10-11H,3,5-6,8-9H2,1-2H3,(H,15,16). The zero-order chi connectivity index (χ0) is 13.0. The molecule has 1 aromatic rings. The molecular formula is C14H21N3O. The van der Waals surface area contributed by atoms with Gasteiger partial charge in [-0.25, -0.2) is 0 Å². The van der Waals surface area contributed by atoms with E-state index in [0.717, 1.165) is 37.5 Å². The summed E-state index contributed by atoms with van der Waals surface area (Å²) >= 11 is 0. The summed E-state index contributed by atoms with van der Waals surface area (Å²) in [6.45, 7) is 3.95. The third-order valence-corrected chi connectivity index (χ3v) is 3.75. The zero-order valence-corrected chi connectivity index (χ0v) is 11.1. The van der Waals surface area contributed by atoms with E-state index in [1.807, 2.05) is 24.1 Å². The molecule has 0 saturated carbocycles. The van der Waals surface area contributed by atoms with Gasteiger partial charge in [-0.05, 0) is 30.9 Å². The number of anilines is 1. The second-order valence-electron chi connectivity index (χ2n) is 4.82. The molecule has 1 N–H and O–H groups in total. The normalized spacial score (nSPS) is 16.7. The Balaban J connectivity index is 2.03. The van der Waals surface area contributed by atoms with Crippen LogP contribution in [0.15, 0.2) is 18.3 Å². The summed E-state index contributed by atoms with van der Waals surface area (Å²) in [7, 11) is 1.84. The number of aromatic nitrogens is 1. The number of nitrogens with zero attached hydrogens (tertiary/aromatic N) is 2. The summed E-state index contributed by atoms with van der Waals surface area (Å²) in [5.74, 6) is 0.840. The van der Waals surface area contributed by atoms with Gasteiger partial charge in [0.1, 0.15) is 5.69 Å². The molecule has 4 heteroatoms. The van der Waals surface area contributed by atoms with Gasteiger partial charge in [0.05, 0.1) is 0 Å². The summed E-state index contributed by atoms with van der Waals surface area (Å²) in [4.78, 5) is 18.4. The Hall–Kier alpha value is -1.58. The molecule has 98 valence electrons. The molecule has 1 aliphatic rings. The lowest BCUT2D eigenvalue weighted by Gasteiger charge is -2.31. The van der Waals surface area contributed by atoms with Gasteiger partial charge in [-0.2, -0.15) is 0 Å². The van der Waals surface area contributed by atoms with Crippen LogP contribution in [-0.2, 0) is 0 Å². The van der Waals surface area contributed by atoms with Crippen molar-refractivity contribution < 1.29 is 4.79 Å². The monoisotopic (exact) mass is 247 g/mol. The van der Waals surface area contributed by atoms with Crippen molar-refractivity contribution in [2.45, 2.75) is 26.2 Å². The zero-order valence-electron chi connectivity index (χ0n) is 11.1. The average Bonchev–Trinajstić information content (AvgIpc) is 2.46. The van der Waals surface area contributed by atoms with Crippen LogP contribution in [-0.4, -0.2) is 35.9 Å². The molecule has 2 heterocycles. The van der Waals surface area contributed by atoms with Crippen molar-refractivity contribution in [3.05, 3.63) is 24.0 Å². The third-order valence-electron chi connectivity index (χ3n) is 3.75. The summed E-state index contributed by atoms with van der Waals surface area (Å²) < 4.78 is 0. The minimum atomic E-state index is 0.0571. The maximum Gasteiger partial charge on any atom is 0.272 e. The van der Waals surface area contributed by atoms with Crippen LogP contribution in [0.1, 0.15) is 36.7 Å². The van der Waals surface area contributed by atoms with Crippen LogP contribution in [0, 0.1) is 5.92 Å². The van der Waals surface area contributed by atoms with E-state index in [9.17, 15) is 4.79 Å². The van der Waals surface area contributed by atoms with E-state index in [2.05, 4.69) is 17.2 Å². The van der Waals surface area contributed by atoms with Gasteiger partial charge in [0.15, 0.2) is 0 Å². The first-order valence-electron chi connectivity index (χ1n) is 6.67. The van der Waals surface area contributed by atoms with E-state index in [1.165, 1.54) is 6.42 Å². The molecular weight excluding hydrogens is 226 g/mol. The van der Waals surface area contributed by atoms with Gasteiger partial charge in [0, 0.05) is 32.0 Å². The topological polar surface area (TPSA) is 45.2 Å². The van der Waals surface area contributed by atoms with Crippen molar-refractivity contribution in [2.75, 3.05) is 25.5 Å². The summed E-state index contributed by atoms with van der Waals surface area (Å²) in [6.07, 6.45) is 5.13. The van der Waals surface area contributed by atoms with Gasteiger partial charge in [-0.3, -0.25) is 9.78 Å². The number of carbonyl (C=O) groups excluding carboxylic acids is 1. The largest absolute Gasteiger partial charge is 0.388 e. The minimum absolute atomic E-state index is 0.0571. The molecule has 0 atom stereocenters. The van der Waals surface area contributed by atoms with Gasteiger partial charge < -0.3 is 10.2 Å². The van der Waals surface area contributed by atoms with E-state index in [4.69, 9.17) is 0 Å². The predicted octanol–water partition coefficient (Wildman–Crippen LogP) is 2.39. The number of pyridine rings is 1. The van der Waals surface area contributed by atoms with Gasteiger partial charge in [0.25, 0.3) is 5.91 Å². The van der Waals surface area contributed by atoms with Crippen LogP contribution in [0.25, 0.3) is 0 Å². The highest BCUT2D eigenvalue weighted by Gasteiger charge is 2.23. The molecule has 1 fully saturated rings. The first kappa shape index (κ1) is 12.9. The van der Waals surface area contributed by atoms with Crippen molar-refractivity contribution in [3.8, 4) is 0 Å². The predicted molar refractivity (Wildman–Crippen MR) is 72.7 cm³/mol. The second-order valence-corrected chi connectivity index (χ2v) is 4.82. The second kappa shape index (κ2) is 5.85. The van der Waals surface area contributed by atoms with Gasteiger partial charge in [-0.1, -0.05) is 13.3 Å². The lowest BCUT2D eigenvalue weighted by Crippen LogP contribution is -2.38. The Morgan fingerprint density at radius 2 is 2.22 bits per heavy atom. The van der Waals surface area contributed by atoms with Crippen LogP contribution in [0.3, 0.4) is 0 Å². The van der Waals surface area contributed by atoms with E-state index in [-0.39, 0.29) is 5.91 Å². The van der Waals surface area contributed by atoms with Crippen molar-refractivity contribution in [2.24, 2.45) is 5.92 Å². The molecule has 18 heavy (non-hydrogen) atoms. The molecule has 1 aromatic heterocycles. The SMILES string of the molecule is CCC1CCN(C(=O)c2cc(NC)ccn2)CC1. The average molecular weight is 247 g/mol. The quantitative estimate of drug-likeness (QED) is 0.892. The van der Waals surface area contributed by atoms with Crippen LogP contribution in [0.2, 0.25) is 0 Å². The fraction of sp³-hybridized carbons (Fsp3) is 0.571. The molecule has 2 rings (SSSR count). The number of carbonyl (C=O) groups is 1. The number of nitrogens with one attached hydrogen (secondary N) is 1. The number of amides is 1. The highest BCUT2D eigenvalue weighted by atomic mass is 16.2. The minimum Gasteiger partial charge on any atom is -0.388 e. The first-order valence-corrected chi connectivity index (χ1v) is 6.67. The summed E-state index contributed by atoms with van der Waals surface area (Å²) in [5.41, 5.74) is 1.47. The summed E-state index contributed by atoms with van der Waals surface area (Å²) in [6, 6.07) is 3.67. The maximum absolute atomic E-state index is 12.3. The fourth-order valence-electron chi connectivity index (χ4n) is 2.41. The Labute approximate surface area is 108 Å². The Bertz CT molecular complexity index is 411. The van der Waals surface area contributed by atoms with Crippen molar-refractivity contribution in [1.29, 1.82) is 0 Å². The lowest BCUT2D eigenvalue weighted by molar-refractivity contribution is 0.0683. The molecule has 0 unspecified atom stereocenters. The molecule has 1 aliphatic heterocycles. The van der Waals surface area contributed by atoms with Crippen molar-refractivity contribution in [1.82, 2.24) is 9.88 Å². The van der Waals surface area contributed by atoms with E-state index >= 15 is 0 Å². The van der Waals surface area contributed by atoms with Crippen LogP contribution < -0.4 is 5.32 Å². The highest BCUT2D eigenvalue weighted by molar-refractivity contribution is 5.93. The van der Waals surface area contributed by atoms with Crippen LogP contribution >= 0.6 is 0 Å². The number of piperidine rings is 1. The van der Waals surface area contributed by atoms with Gasteiger partial charge >= 0.3 is 0 Å². The molecule has 0 spiro atoms. The van der Waals surface area contributed by atoms with Crippen molar-refractivity contribution >= 4 is 11.6 Å². The van der Waals surface area contributed by atoms with E-state index in [1.54, 1.807) is 6.20 Å². The van der Waals surface area contributed by atoms with Gasteiger partial charge in [-0.15, -0.1) is 0 Å². The number of hydrogen-bond donors (Lipinski definition) is 1. The molecule has 1 saturated heterocycles. The number of likely N-dealkylation sites (tertiary alicyclic amines) is 1. The molecule has 1 amide bonds. The summed E-state index contributed by atoms with van der Waals surface area (Å²) in [5, 5.41) is 3.03. The highest BCUT2D eigenvalue weighted by Crippen LogP contribution is 2.21. The Morgan fingerprint density at radius 3 is 2.83 bits per heavy atom. The molecule has 0 aromatic carbocycles. The molecule has 0 aliphatic carbocycles. The Morgan fingerprint density at radius 1 is 1.50 bits per heavy atom. The molecule has 0 radical (unpaired) electrons. The number of hydrogen-bond acceptors (Lipinski definition) is 3. The first-order chi connectivity index (χ1) is 8.74. The fourth-order valence-corrected chi connectivity index (χ4v) is 2.41. The molecule has 4 nitrogen and oxygen atoms in total. The van der Waals surface area contributed by atoms with Crippen LogP contribution in [0.5, 0.6) is 0 Å². The lowest BCUT2D eigenvalue weighted by atomic mass is 9.94. The van der Waals surface area contributed by atoms with E-state index in [0.29, 0.717) is 5.69 Å². The molecule has 0 bridgehead atoms. The smallest absolute Gasteiger partial charge is 0.272 e. The Kier molecular flexibility index (Phi) is 4.18. The maximum atomic E-state index is 12.3.